The number of nitrogens with zero attached hydrogens (tertiary/aromatic N) is 1. The van der Waals surface area contributed by atoms with Crippen LogP contribution >= 0.6 is 27.5 Å². The Morgan fingerprint density at radius 2 is 2.23 bits per heavy atom. The van der Waals surface area contributed by atoms with E-state index in [0.29, 0.717) is 10.9 Å². The molecule has 0 aliphatic carbocycles. The molecule has 0 heterocycles. The molecule has 0 aliphatic heterocycles. The summed E-state index contributed by atoms with van der Waals surface area (Å²) in [6.07, 6.45) is 0. The minimum absolute atomic E-state index is 0.0101. The van der Waals surface area contributed by atoms with Gasteiger partial charge in [-0.3, -0.25) is 10.1 Å². The van der Waals surface area contributed by atoms with Crippen molar-refractivity contribution in [2.75, 3.05) is 0 Å². The number of aryl methyl sites for hydroxylation is 1. The number of halogens is 2. The van der Waals surface area contributed by atoms with E-state index in [-0.39, 0.29) is 10.7 Å². The van der Waals surface area contributed by atoms with Crippen molar-refractivity contribution in [3.8, 4) is 0 Å². The molecule has 0 unspecified atom stereocenters. The molecule has 0 bridgehead atoms. The Bertz CT molecular complexity index is 354. The lowest BCUT2D eigenvalue weighted by atomic mass is 10.1. The normalized spacial score (nSPS) is 10.1. The second kappa shape index (κ2) is 4.07. The number of nitro groups is 1. The number of rotatable bonds is 2. The van der Waals surface area contributed by atoms with Gasteiger partial charge >= 0.3 is 0 Å². The van der Waals surface area contributed by atoms with Gasteiger partial charge in [-0.2, -0.15) is 0 Å². The van der Waals surface area contributed by atoms with Gasteiger partial charge < -0.3 is 0 Å². The van der Waals surface area contributed by atoms with Crippen LogP contribution < -0.4 is 0 Å². The molecule has 0 saturated heterocycles. The molecule has 1 aromatic carbocycles. The van der Waals surface area contributed by atoms with Gasteiger partial charge in [0.05, 0.1) is 4.92 Å². The van der Waals surface area contributed by atoms with Crippen LogP contribution in [0, 0.1) is 17.0 Å². The summed E-state index contributed by atoms with van der Waals surface area (Å²) in [6, 6.07) is 3.34. The van der Waals surface area contributed by atoms with Gasteiger partial charge in [0, 0.05) is 10.9 Å². The van der Waals surface area contributed by atoms with Crippen LogP contribution in [-0.4, -0.2) is 4.92 Å². The SMILES string of the molecule is Cc1cc(Cl)c([N+](=O)[O-])c(CBr)c1. The number of hydrogen-bond donors (Lipinski definition) is 0. The summed E-state index contributed by atoms with van der Waals surface area (Å²) in [5.74, 6) is 0. The zero-order valence-electron chi connectivity index (χ0n) is 6.88. The second-order valence-electron chi connectivity index (χ2n) is 2.65. The maximum atomic E-state index is 10.6. The van der Waals surface area contributed by atoms with Gasteiger partial charge in [-0.05, 0) is 24.6 Å². The molecular formula is C8H7BrClNO2. The van der Waals surface area contributed by atoms with Gasteiger partial charge in [-0.25, -0.2) is 0 Å². The highest BCUT2D eigenvalue weighted by Crippen LogP contribution is 2.31. The molecule has 0 N–H and O–H groups in total. The van der Waals surface area contributed by atoms with Gasteiger partial charge in [0.25, 0.3) is 5.69 Å². The molecule has 0 radical (unpaired) electrons. The number of hydrogen-bond acceptors (Lipinski definition) is 2. The predicted molar refractivity (Wildman–Crippen MR) is 55.5 cm³/mol. The van der Waals surface area contributed by atoms with Crippen LogP contribution in [0.2, 0.25) is 5.02 Å². The monoisotopic (exact) mass is 263 g/mol. The fourth-order valence-electron chi connectivity index (χ4n) is 1.11. The highest BCUT2D eigenvalue weighted by molar-refractivity contribution is 9.08. The van der Waals surface area contributed by atoms with Gasteiger partial charge in [0.1, 0.15) is 5.02 Å². The fraction of sp³-hybridized carbons (Fsp3) is 0.250. The standard InChI is InChI=1S/C8H7BrClNO2/c1-5-2-6(4-9)8(11(12)13)7(10)3-5/h2-3H,4H2,1H3. The molecule has 1 aromatic rings. The molecule has 0 aromatic heterocycles. The maximum absolute atomic E-state index is 10.6. The van der Waals surface area contributed by atoms with Gasteiger partial charge in [0.15, 0.2) is 0 Å². The number of alkyl halides is 1. The summed E-state index contributed by atoms with van der Waals surface area (Å²) in [5, 5.41) is 11.2. The van der Waals surface area contributed by atoms with E-state index in [0.717, 1.165) is 5.56 Å². The highest BCUT2D eigenvalue weighted by atomic mass is 79.9. The topological polar surface area (TPSA) is 43.1 Å². The first-order valence-corrected chi connectivity index (χ1v) is 5.05. The van der Waals surface area contributed by atoms with Crippen LogP contribution in [-0.2, 0) is 5.33 Å². The summed E-state index contributed by atoms with van der Waals surface area (Å²) >= 11 is 8.93. The molecule has 5 heteroatoms. The summed E-state index contributed by atoms with van der Waals surface area (Å²) in [5.41, 5.74) is 1.52. The highest BCUT2D eigenvalue weighted by Gasteiger charge is 2.17. The Kier molecular flexibility index (Phi) is 3.27. The molecule has 70 valence electrons. The quantitative estimate of drug-likeness (QED) is 0.466. The Morgan fingerprint density at radius 1 is 1.62 bits per heavy atom. The van der Waals surface area contributed by atoms with Crippen molar-refractivity contribution in [2.24, 2.45) is 0 Å². The Hall–Kier alpha value is -0.610. The van der Waals surface area contributed by atoms with Crippen LogP contribution in [0.4, 0.5) is 5.69 Å². The molecule has 3 nitrogen and oxygen atoms in total. The van der Waals surface area contributed by atoms with Crippen LogP contribution in [0.3, 0.4) is 0 Å². The van der Waals surface area contributed by atoms with Crippen LogP contribution in [0.1, 0.15) is 11.1 Å². The third-order valence-corrected chi connectivity index (χ3v) is 2.51. The Balaban J connectivity index is 3.38. The second-order valence-corrected chi connectivity index (χ2v) is 3.61. The predicted octanol–water partition coefficient (Wildman–Crippen LogP) is 3.45. The Morgan fingerprint density at radius 3 is 2.69 bits per heavy atom. The van der Waals surface area contributed by atoms with Crippen LogP contribution in [0.5, 0.6) is 0 Å². The lowest BCUT2D eigenvalue weighted by molar-refractivity contribution is -0.385. The van der Waals surface area contributed by atoms with Crippen molar-refractivity contribution >= 4 is 33.2 Å². The zero-order valence-corrected chi connectivity index (χ0v) is 9.22. The molecule has 0 atom stereocenters. The van der Waals surface area contributed by atoms with Gasteiger partial charge in [0.2, 0.25) is 0 Å². The number of nitro benzene ring substituents is 1. The minimum atomic E-state index is -0.460. The van der Waals surface area contributed by atoms with E-state index < -0.39 is 4.92 Å². The zero-order chi connectivity index (χ0) is 10.0. The molecule has 0 fully saturated rings. The lowest BCUT2D eigenvalue weighted by Crippen LogP contribution is -1.95. The molecule has 13 heavy (non-hydrogen) atoms. The van der Waals surface area contributed by atoms with Gasteiger partial charge in [-0.1, -0.05) is 27.5 Å². The molecule has 0 spiro atoms. The van der Waals surface area contributed by atoms with E-state index in [1.165, 1.54) is 0 Å². The van der Waals surface area contributed by atoms with Crippen molar-refractivity contribution < 1.29 is 4.92 Å². The first-order chi connectivity index (χ1) is 6.06. The third kappa shape index (κ3) is 2.19. The maximum Gasteiger partial charge on any atom is 0.291 e. The summed E-state index contributed by atoms with van der Waals surface area (Å²) < 4.78 is 0. The molecule has 0 amide bonds. The van der Waals surface area contributed by atoms with E-state index in [1.807, 2.05) is 6.92 Å². The van der Waals surface area contributed by atoms with E-state index >= 15 is 0 Å². The molecular weight excluding hydrogens is 257 g/mol. The molecule has 0 aliphatic rings. The van der Waals surface area contributed by atoms with Crippen molar-refractivity contribution in [2.45, 2.75) is 12.3 Å². The fourth-order valence-corrected chi connectivity index (χ4v) is 1.90. The summed E-state index contributed by atoms with van der Waals surface area (Å²) in [4.78, 5) is 10.2. The van der Waals surface area contributed by atoms with E-state index in [1.54, 1.807) is 12.1 Å². The van der Waals surface area contributed by atoms with Crippen molar-refractivity contribution in [3.63, 3.8) is 0 Å². The summed E-state index contributed by atoms with van der Waals surface area (Å²) in [7, 11) is 0. The Labute approximate surface area is 89.0 Å². The average molecular weight is 265 g/mol. The van der Waals surface area contributed by atoms with Crippen LogP contribution in [0.15, 0.2) is 12.1 Å². The molecule has 0 saturated carbocycles. The van der Waals surface area contributed by atoms with Crippen molar-refractivity contribution in [1.82, 2.24) is 0 Å². The smallest absolute Gasteiger partial charge is 0.258 e. The van der Waals surface area contributed by atoms with E-state index in [2.05, 4.69) is 15.9 Å². The average Bonchev–Trinajstić information content (AvgIpc) is 2.01. The number of benzene rings is 1. The first kappa shape index (κ1) is 10.5. The molecule has 1 rings (SSSR count). The van der Waals surface area contributed by atoms with Crippen molar-refractivity contribution in [1.29, 1.82) is 0 Å². The van der Waals surface area contributed by atoms with E-state index in [9.17, 15) is 10.1 Å². The lowest BCUT2D eigenvalue weighted by Gasteiger charge is -2.02. The van der Waals surface area contributed by atoms with Crippen molar-refractivity contribution in [3.05, 3.63) is 38.4 Å². The summed E-state index contributed by atoms with van der Waals surface area (Å²) in [6.45, 7) is 1.85. The minimum Gasteiger partial charge on any atom is -0.258 e. The first-order valence-electron chi connectivity index (χ1n) is 3.55. The van der Waals surface area contributed by atoms with Crippen LogP contribution in [0.25, 0.3) is 0 Å². The third-order valence-electron chi connectivity index (χ3n) is 1.61. The van der Waals surface area contributed by atoms with Gasteiger partial charge in [-0.15, -0.1) is 0 Å². The largest absolute Gasteiger partial charge is 0.291 e. The van der Waals surface area contributed by atoms with E-state index in [4.69, 9.17) is 11.6 Å².